The molecule has 0 radical (unpaired) electrons. The number of rotatable bonds is 4. The van der Waals surface area contributed by atoms with Crippen LogP contribution in [0.3, 0.4) is 0 Å². The van der Waals surface area contributed by atoms with Gasteiger partial charge >= 0.3 is 6.01 Å². The van der Waals surface area contributed by atoms with Crippen molar-refractivity contribution >= 4 is 34.2 Å². The maximum absolute atomic E-state index is 13.0. The predicted molar refractivity (Wildman–Crippen MR) is 126 cm³/mol. The minimum absolute atomic E-state index is 0.110. The standard InChI is InChI=1S/C25H18N6O2/c32-23-22(28-21(16-6-2-1-3-7-16)18-8-4-5-9-19(18)27-23)29-25-31-30-24(33-25)17-11-10-15-12-13-26-20(15)14-17/h1-14,22,26H,(H,27,32)(H,29,31). The number of benzene rings is 3. The number of amides is 1. The molecule has 3 heterocycles. The highest BCUT2D eigenvalue weighted by Crippen LogP contribution is 2.26. The van der Waals surface area contributed by atoms with Crippen LogP contribution in [0.4, 0.5) is 11.7 Å². The Bertz CT molecular complexity index is 1500. The zero-order valence-corrected chi connectivity index (χ0v) is 17.3. The number of para-hydroxylation sites is 1. The van der Waals surface area contributed by atoms with Crippen molar-refractivity contribution in [2.75, 3.05) is 10.6 Å². The van der Waals surface area contributed by atoms with Crippen molar-refractivity contribution in [1.29, 1.82) is 0 Å². The molecule has 0 fully saturated rings. The second-order valence-corrected chi connectivity index (χ2v) is 7.62. The first-order chi connectivity index (χ1) is 16.2. The molecule has 1 unspecified atom stereocenters. The van der Waals surface area contributed by atoms with E-state index in [2.05, 4.69) is 25.8 Å². The Kier molecular flexibility index (Phi) is 4.47. The van der Waals surface area contributed by atoms with E-state index in [-0.39, 0.29) is 11.9 Å². The fraction of sp³-hybridized carbons (Fsp3) is 0.0400. The molecule has 0 aliphatic carbocycles. The lowest BCUT2D eigenvalue weighted by Gasteiger charge is -2.11. The number of fused-ring (bicyclic) bond motifs is 2. The van der Waals surface area contributed by atoms with Gasteiger partial charge in [0.15, 0.2) is 0 Å². The smallest absolute Gasteiger partial charge is 0.317 e. The molecule has 8 nitrogen and oxygen atoms in total. The van der Waals surface area contributed by atoms with Gasteiger partial charge in [-0.05, 0) is 29.7 Å². The minimum atomic E-state index is -0.952. The number of aromatic nitrogens is 3. The van der Waals surface area contributed by atoms with E-state index in [0.29, 0.717) is 17.3 Å². The number of benzodiazepines with no additional fused rings is 1. The lowest BCUT2D eigenvalue weighted by molar-refractivity contribution is -0.116. The van der Waals surface area contributed by atoms with Gasteiger partial charge < -0.3 is 20.0 Å². The Morgan fingerprint density at radius 3 is 2.64 bits per heavy atom. The fourth-order valence-corrected chi connectivity index (χ4v) is 3.88. The summed E-state index contributed by atoms with van der Waals surface area (Å²) in [4.78, 5) is 20.9. The predicted octanol–water partition coefficient (Wildman–Crippen LogP) is 4.45. The second-order valence-electron chi connectivity index (χ2n) is 7.62. The van der Waals surface area contributed by atoms with Crippen molar-refractivity contribution < 1.29 is 9.21 Å². The highest BCUT2D eigenvalue weighted by atomic mass is 16.4. The van der Waals surface area contributed by atoms with E-state index in [9.17, 15) is 4.79 Å². The highest BCUT2D eigenvalue weighted by molar-refractivity contribution is 6.19. The largest absolute Gasteiger partial charge is 0.403 e. The number of nitrogens with zero attached hydrogens (tertiary/aromatic N) is 3. The van der Waals surface area contributed by atoms with Crippen molar-refractivity contribution in [3.8, 4) is 11.5 Å². The molecule has 0 spiro atoms. The number of hydrogen-bond donors (Lipinski definition) is 3. The summed E-state index contributed by atoms with van der Waals surface area (Å²) < 4.78 is 5.81. The van der Waals surface area contributed by atoms with Crippen LogP contribution in [0.2, 0.25) is 0 Å². The average Bonchev–Trinajstić information content (AvgIpc) is 3.49. The van der Waals surface area contributed by atoms with Crippen LogP contribution in [0.1, 0.15) is 11.1 Å². The van der Waals surface area contributed by atoms with Gasteiger partial charge in [-0.1, -0.05) is 59.7 Å². The highest BCUT2D eigenvalue weighted by Gasteiger charge is 2.27. The summed E-state index contributed by atoms with van der Waals surface area (Å²) in [7, 11) is 0. The zero-order valence-electron chi connectivity index (χ0n) is 17.3. The molecule has 0 saturated carbocycles. The third kappa shape index (κ3) is 3.53. The van der Waals surface area contributed by atoms with Gasteiger partial charge in [-0.25, -0.2) is 4.99 Å². The van der Waals surface area contributed by atoms with Crippen LogP contribution in [0.15, 0.2) is 94.5 Å². The maximum atomic E-state index is 13.0. The molecule has 160 valence electrons. The molecule has 1 amide bonds. The molecule has 6 rings (SSSR count). The normalized spacial score (nSPS) is 15.5. The Hall–Kier alpha value is -4.72. The molecule has 1 aliphatic heterocycles. The molecule has 5 aromatic rings. The zero-order chi connectivity index (χ0) is 22.2. The third-order valence-corrected chi connectivity index (χ3v) is 5.48. The summed E-state index contributed by atoms with van der Waals surface area (Å²) in [5.41, 5.74) is 4.87. The number of hydrogen-bond acceptors (Lipinski definition) is 6. The van der Waals surface area contributed by atoms with Crippen molar-refractivity contribution in [1.82, 2.24) is 15.2 Å². The molecule has 1 atom stereocenters. The maximum Gasteiger partial charge on any atom is 0.317 e. The number of carbonyl (C=O) groups excluding carboxylic acids is 1. The van der Waals surface area contributed by atoms with E-state index >= 15 is 0 Å². The fourth-order valence-electron chi connectivity index (χ4n) is 3.88. The Labute approximate surface area is 188 Å². The van der Waals surface area contributed by atoms with Crippen LogP contribution in [-0.2, 0) is 4.79 Å². The Balaban J connectivity index is 1.34. The SMILES string of the molecule is O=C1Nc2ccccc2C(c2ccccc2)=NC1Nc1nnc(-c2ccc3cc[nH]c3c2)o1. The summed E-state index contributed by atoms with van der Waals surface area (Å²) in [6.07, 6.45) is 0.923. The van der Waals surface area contributed by atoms with E-state index < -0.39 is 6.17 Å². The average molecular weight is 434 g/mol. The molecule has 3 aromatic carbocycles. The van der Waals surface area contributed by atoms with Crippen LogP contribution in [-0.4, -0.2) is 33.0 Å². The molecule has 2 aromatic heterocycles. The van der Waals surface area contributed by atoms with E-state index in [1.165, 1.54) is 0 Å². The summed E-state index contributed by atoms with van der Waals surface area (Å²) in [6.45, 7) is 0. The van der Waals surface area contributed by atoms with Gasteiger partial charge in [-0.2, -0.15) is 0 Å². The van der Waals surface area contributed by atoms with Gasteiger partial charge in [0.05, 0.1) is 11.4 Å². The Morgan fingerprint density at radius 2 is 1.73 bits per heavy atom. The molecular weight excluding hydrogens is 416 g/mol. The second kappa shape index (κ2) is 7.76. The summed E-state index contributed by atoms with van der Waals surface area (Å²) in [5, 5.41) is 15.2. The van der Waals surface area contributed by atoms with Crippen molar-refractivity contribution in [3.63, 3.8) is 0 Å². The number of nitrogens with one attached hydrogen (secondary N) is 3. The third-order valence-electron chi connectivity index (χ3n) is 5.48. The molecular formula is C25H18N6O2. The lowest BCUT2D eigenvalue weighted by atomic mass is 10.0. The van der Waals surface area contributed by atoms with E-state index in [4.69, 9.17) is 9.41 Å². The molecule has 1 aliphatic rings. The molecule has 3 N–H and O–H groups in total. The summed E-state index contributed by atoms with van der Waals surface area (Å²) in [5.74, 6) is 0.0273. The van der Waals surface area contributed by atoms with E-state index in [1.807, 2.05) is 85.1 Å². The van der Waals surface area contributed by atoms with Gasteiger partial charge in [-0.15, -0.1) is 5.10 Å². The van der Waals surface area contributed by atoms with Gasteiger partial charge in [0, 0.05) is 28.4 Å². The van der Waals surface area contributed by atoms with Crippen molar-refractivity contribution in [2.24, 2.45) is 4.99 Å². The van der Waals surface area contributed by atoms with Crippen LogP contribution < -0.4 is 10.6 Å². The molecule has 0 bridgehead atoms. The quantitative estimate of drug-likeness (QED) is 0.387. The number of H-pyrrole nitrogens is 1. The number of carbonyl (C=O) groups is 1. The lowest BCUT2D eigenvalue weighted by Crippen LogP contribution is -2.32. The van der Waals surface area contributed by atoms with Gasteiger partial charge in [-0.3, -0.25) is 4.79 Å². The topological polar surface area (TPSA) is 108 Å². The van der Waals surface area contributed by atoms with Crippen LogP contribution >= 0.6 is 0 Å². The van der Waals surface area contributed by atoms with Gasteiger partial charge in [0.2, 0.25) is 12.1 Å². The first kappa shape index (κ1) is 19.0. The van der Waals surface area contributed by atoms with Gasteiger partial charge in [0.1, 0.15) is 0 Å². The van der Waals surface area contributed by atoms with Crippen LogP contribution in [0.5, 0.6) is 0 Å². The molecule has 8 heteroatoms. The molecule has 0 saturated heterocycles. The van der Waals surface area contributed by atoms with E-state index in [0.717, 1.165) is 27.6 Å². The first-order valence-corrected chi connectivity index (χ1v) is 10.5. The number of aliphatic imine (C=N–C) groups is 1. The van der Waals surface area contributed by atoms with Crippen LogP contribution in [0, 0.1) is 0 Å². The summed E-state index contributed by atoms with van der Waals surface area (Å²) in [6, 6.07) is 25.3. The van der Waals surface area contributed by atoms with E-state index in [1.54, 1.807) is 0 Å². The Morgan fingerprint density at radius 1 is 0.879 bits per heavy atom. The van der Waals surface area contributed by atoms with Gasteiger partial charge in [0.25, 0.3) is 5.91 Å². The first-order valence-electron chi connectivity index (χ1n) is 10.5. The summed E-state index contributed by atoms with van der Waals surface area (Å²) >= 11 is 0. The number of anilines is 2. The monoisotopic (exact) mass is 434 g/mol. The number of aromatic amines is 1. The van der Waals surface area contributed by atoms with Crippen LogP contribution in [0.25, 0.3) is 22.4 Å². The minimum Gasteiger partial charge on any atom is -0.403 e. The van der Waals surface area contributed by atoms with Crippen molar-refractivity contribution in [3.05, 3.63) is 96.2 Å². The van der Waals surface area contributed by atoms with Crippen molar-refractivity contribution in [2.45, 2.75) is 6.17 Å². The molecule has 33 heavy (non-hydrogen) atoms.